The fourth-order valence-corrected chi connectivity index (χ4v) is 2.59. The molecule has 0 saturated heterocycles. The van der Waals surface area contributed by atoms with Crippen LogP contribution in [0.1, 0.15) is 15.9 Å². The molecule has 0 unspecified atom stereocenters. The van der Waals surface area contributed by atoms with Crippen molar-refractivity contribution in [1.82, 2.24) is 10.6 Å². The van der Waals surface area contributed by atoms with Crippen LogP contribution in [0.5, 0.6) is 0 Å². The third kappa shape index (κ3) is 6.36. The summed E-state index contributed by atoms with van der Waals surface area (Å²) in [5.74, 6) is -0.386. The van der Waals surface area contributed by atoms with Crippen molar-refractivity contribution in [3.05, 3.63) is 65.7 Å². The highest BCUT2D eigenvalue weighted by Gasteiger charge is 2.34. The van der Waals surface area contributed by atoms with Crippen LogP contribution in [0.3, 0.4) is 0 Å². The standard InChI is InChI=1S/C17H16Cl3N3OS/c1-11-6-5-9-13(10-11)21-16(25)23-15(17(18,19)20)22-14(24)12-7-3-2-4-8-12/h2-10,15H,1H3,(H,22,24)(H2,21,23,25)/t15-/m0/s1. The van der Waals surface area contributed by atoms with Gasteiger partial charge in [-0.2, -0.15) is 0 Å². The van der Waals surface area contributed by atoms with E-state index in [1.165, 1.54) is 0 Å². The van der Waals surface area contributed by atoms with Crippen molar-refractivity contribution >= 4 is 63.7 Å². The lowest BCUT2D eigenvalue weighted by atomic mass is 10.2. The number of carbonyl (C=O) groups excluding carboxylic acids is 1. The van der Waals surface area contributed by atoms with Gasteiger partial charge in [0.25, 0.3) is 5.91 Å². The van der Waals surface area contributed by atoms with Gasteiger partial charge in [0.05, 0.1) is 0 Å². The number of rotatable bonds is 4. The highest BCUT2D eigenvalue weighted by Crippen LogP contribution is 2.29. The van der Waals surface area contributed by atoms with Crippen molar-refractivity contribution in [1.29, 1.82) is 0 Å². The molecule has 4 nitrogen and oxygen atoms in total. The highest BCUT2D eigenvalue weighted by atomic mass is 35.6. The minimum absolute atomic E-state index is 0.218. The zero-order chi connectivity index (χ0) is 18.4. The van der Waals surface area contributed by atoms with Crippen LogP contribution in [0.4, 0.5) is 5.69 Å². The van der Waals surface area contributed by atoms with Crippen LogP contribution >= 0.6 is 47.0 Å². The van der Waals surface area contributed by atoms with Gasteiger partial charge < -0.3 is 16.0 Å². The molecule has 132 valence electrons. The lowest BCUT2D eigenvalue weighted by Gasteiger charge is -2.27. The number of thiocarbonyl (C=S) groups is 1. The quantitative estimate of drug-likeness (QED) is 0.393. The Balaban J connectivity index is 2.05. The first-order chi connectivity index (χ1) is 11.8. The summed E-state index contributed by atoms with van der Waals surface area (Å²) in [6, 6.07) is 16.3. The number of hydrogen-bond acceptors (Lipinski definition) is 2. The van der Waals surface area contributed by atoms with Crippen LogP contribution in [0.2, 0.25) is 0 Å². The number of alkyl halides is 3. The molecule has 0 heterocycles. The molecule has 0 aliphatic heterocycles. The molecule has 2 aromatic rings. The predicted octanol–water partition coefficient (Wildman–Crippen LogP) is 4.41. The van der Waals surface area contributed by atoms with Gasteiger partial charge >= 0.3 is 0 Å². The fourth-order valence-electron chi connectivity index (χ4n) is 2.02. The van der Waals surface area contributed by atoms with Gasteiger partial charge in [-0.05, 0) is 49.0 Å². The molecule has 0 spiro atoms. The molecule has 25 heavy (non-hydrogen) atoms. The van der Waals surface area contributed by atoms with E-state index in [1.54, 1.807) is 24.3 Å². The predicted molar refractivity (Wildman–Crippen MR) is 109 cm³/mol. The molecule has 3 N–H and O–H groups in total. The van der Waals surface area contributed by atoms with Crippen LogP contribution in [-0.4, -0.2) is 21.0 Å². The van der Waals surface area contributed by atoms with Gasteiger partial charge in [-0.1, -0.05) is 65.1 Å². The molecule has 0 bridgehead atoms. The molecule has 1 atom stereocenters. The molecule has 2 rings (SSSR count). The third-order valence-corrected chi connectivity index (χ3v) is 4.06. The maximum atomic E-state index is 12.3. The molecule has 0 aromatic heterocycles. The lowest BCUT2D eigenvalue weighted by molar-refractivity contribution is 0.0934. The van der Waals surface area contributed by atoms with Crippen LogP contribution in [-0.2, 0) is 0 Å². The maximum Gasteiger partial charge on any atom is 0.252 e. The van der Waals surface area contributed by atoms with Gasteiger partial charge in [0, 0.05) is 11.3 Å². The molecular formula is C17H16Cl3N3OS. The second kappa shape index (κ2) is 8.72. The minimum atomic E-state index is -1.80. The zero-order valence-electron chi connectivity index (χ0n) is 13.2. The maximum absolute atomic E-state index is 12.3. The van der Waals surface area contributed by atoms with E-state index in [0.717, 1.165) is 11.3 Å². The average Bonchev–Trinajstić information content (AvgIpc) is 2.54. The van der Waals surface area contributed by atoms with Gasteiger partial charge in [0.1, 0.15) is 6.17 Å². The Morgan fingerprint density at radius 2 is 1.72 bits per heavy atom. The summed E-state index contributed by atoms with van der Waals surface area (Å²) in [5, 5.41) is 8.66. The van der Waals surface area contributed by atoms with Crippen LogP contribution in [0.15, 0.2) is 54.6 Å². The second-order valence-electron chi connectivity index (χ2n) is 5.28. The van der Waals surface area contributed by atoms with Crippen molar-refractivity contribution in [3.8, 4) is 0 Å². The van der Waals surface area contributed by atoms with Crippen LogP contribution in [0.25, 0.3) is 0 Å². The summed E-state index contributed by atoms with van der Waals surface area (Å²) in [6.45, 7) is 1.96. The first kappa shape index (κ1) is 19.8. The van der Waals surface area contributed by atoms with Gasteiger partial charge in [-0.25, -0.2) is 0 Å². The van der Waals surface area contributed by atoms with E-state index < -0.39 is 9.96 Å². The van der Waals surface area contributed by atoms with E-state index in [1.807, 2.05) is 37.3 Å². The first-order valence-electron chi connectivity index (χ1n) is 7.32. The molecule has 8 heteroatoms. The number of aryl methyl sites for hydroxylation is 1. The molecule has 1 amide bonds. The normalized spacial score (nSPS) is 12.2. The molecule has 0 fully saturated rings. The Morgan fingerprint density at radius 1 is 1.04 bits per heavy atom. The number of halogens is 3. The summed E-state index contributed by atoms with van der Waals surface area (Å²) in [7, 11) is 0. The lowest BCUT2D eigenvalue weighted by Crippen LogP contribution is -2.56. The molecule has 0 saturated carbocycles. The van der Waals surface area contributed by atoms with Gasteiger partial charge in [0.15, 0.2) is 5.11 Å². The van der Waals surface area contributed by atoms with E-state index in [4.69, 9.17) is 47.0 Å². The zero-order valence-corrected chi connectivity index (χ0v) is 16.3. The molecule has 0 aliphatic rings. The largest absolute Gasteiger partial charge is 0.339 e. The number of nitrogens with one attached hydrogen (secondary N) is 3. The molecule has 0 aliphatic carbocycles. The van der Waals surface area contributed by atoms with Crippen molar-refractivity contribution < 1.29 is 4.79 Å². The number of amides is 1. The highest BCUT2D eigenvalue weighted by molar-refractivity contribution is 7.80. The summed E-state index contributed by atoms with van der Waals surface area (Å²) in [4.78, 5) is 12.3. The molecule has 2 aromatic carbocycles. The smallest absolute Gasteiger partial charge is 0.252 e. The Hall–Kier alpha value is -1.53. The van der Waals surface area contributed by atoms with E-state index in [2.05, 4.69) is 16.0 Å². The first-order valence-corrected chi connectivity index (χ1v) is 8.87. The van der Waals surface area contributed by atoms with E-state index >= 15 is 0 Å². The number of anilines is 1. The Kier molecular flexibility index (Phi) is 6.90. The third-order valence-electron chi connectivity index (χ3n) is 3.19. The van der Waals surface area contributed by atoms with Gasteiger partial charge in [-0.15, -0.1) is 0 Å². The van der Waals surface area contributed by atoms with Crippen molar-refractivity contribution in [3.63, 3.8) is 0 Å². The monoisotopic (exact) mass is 415 g/mol. The number of carbonyl (C=O) groups is 1. The minimum Gasteiger partial charge on any atom is -0.339 e. The van der Waals surface area contributed by atoms with Gasteiger partial charge in [-0.3, -0.25) is 4.79 Å². The summed E-state index contributed by atoms with van der Waals surface area (Å²) in [5.41, 5.74) is 2.30. The summed E-state index contributed by atoms with van der Waals surface area (Å²) >= 11 is 23.2. The van der Waals surface area contributed by atoms with Crippen LogP contribution in [0, 0.1) is 6.92 Å². The summed E-state index contributed by atoms with van der Waals surface area (Å²) < 4.78 is -1.80. The summed E-state index contributed by atoms with van der Waals surface area (Å²) in [6.07, 6.45) is -1.02. The van der Waals surface area contributed by atoms with E-state index in [0.29, 0.717) is 5.56 Å². The average molecular weight is 417 g/mol. The SMILES string of the molecule is Cc1cccc(NC(=S)N[C@H](NC(=O)c2ccccc2)C(Cl)(Cl)Cl)c1. The second-order valence-corrected chi connectivity index (χ2v) is 8.06. The number of benzene rings is 2. The Labute approximate surface area is 166 Å². The Morgan fingerprint density at radius 3 is 2.32 bits per heavy atom. The van der Waals surface area contributed by atoms with Crippen LogP contribution < -0.4 is 16.0 Å². The molecule has 0 radical (unpaired) electrons. The fraction of sp³-hybridized carbons (Fsp3) is 0.176. The number of hydrogen-bond donors (Lipinski definition) is 3. The van der Waals surface area contributed by atoms with Crippen molar-refractivity contribution in [2.75, 3.05) is 5.32 Å². The van der Waals surface area contributed by atoms with Crippen molar-refractivity contribution in [2.45, 2.75) is 16.9 Å². The topological polar surface area (TPSA) is 53.2 Å². The van der Waals surface area contributed by atoms with Crippen molar-refractivity contribution in [2.24, 2.45) is 0 Å². The van der Waals surface area contributed by atoms with Gasteiger partial charge in [0.2, 0.25) is 3.79 Å². The Bertz CT molecular complexity index is 750. The van der Waals surface area contributed by atoms with E-state index in [9.17, 15) is 4.79 Å². The molecular weight excluding hydrogens is 401 g/mol. The van der Waals surface area contributed by atoms with E-state index in [-0.39, 0.29) is 11.0 Å².